The fraction of sp³-hybridized carbons (Fsp3) is 0.372. The zero-order valence-corrected chi connectivity index (χ0v) is 35.7. The molecule has 0 aliphatic heterocycles. The van der Waals surface area contributed by atoms with Crippen molar-refractivity contribution in [3.05, 3.63) is 117 Å². The van der Waals surface area contributed by atoms with Crippen molar-refractivity contribution < 1.29 is 18.3 Å². The molecule has 0 saturated carbocycles. The maximum absolute atomic E-state index is 5.63. The molecule has 1 atom stereocenters. The number of hydrogen-bond donors (Lipinski definition) is 0. The predicted octanol–water partition coefficient (Wildman–Crippen LogP) is 12.0. The molecular formula is C43H54Cl2SiZr. The summed E-state index contributed by atoms with van der Waals surface area (Å²) in [5.41, 5.74) is 16.3. The molecule has 0 amide bonds. The monoisotopic (exact) mass is 758 g/mol. The van der Waals surface area contributed by atoms with Gasteiger partial charge in [0.15, 0.2) is 0 Å². The molecule has 0 spiro atoms. The van der Waals surface area contributed by atoms with Crippen molar-refractivity contribution in [2.75, 3.05) is 0 Å². The van der Waals surface area contributed by atoms with Crippen molar-refractivity contribution in [1.82, 2.24) is 0 Å². The Bertz CT molecular complexity index is 2060. The second-order valence-corrected chi connectivity index (χ2v) is 36.4. The fourth-order valence-electron chi connectivity index (χ4n) is 11.0. The van der Waals surface area contributed by atoms with Crippen molar-refractivity contribution >= 4 is 51.5 Å². The Morgan fingerprint density at radius 1 is 0.766 bits per heavy atom. The van der Waals surface area contributed by atoms with Gasteiger partial charge in [0.25, 0.3) is 0 Å². The van der Waals surface area contributed by atoms with Gasteiger partial charge in [-0.3, -0.25) is 0 Å². The Labute approximate surface area is 299 Å². The summed E-state index contributed by atoms with van der Waals surface area (Å²) in [6, 6.07) is 21.8. The van der Waals surface area contributed by atoms with Crippen LogP contribution in [0.5, 0.6) is 0 Å². The van der Waals surface area contributed by atoms with Crippen LogP contribution in [-0.2, 0) is 35.5 Å². The molecule has 47 heavy (non-hydrogen) atoms. The molecule has 0 aromatic heterocycles. The van der Waals surface area contributed by atoms with E-state index in [2.05, 4.69) is 146 Å². The number of halogens is 2. The third kappa shape index (κ3) is 4.86. The van der Waals surface area contributed by atoms with Crippen LogP contribution in [0.1, 0.15) is 88.8 Å². The average molecular weight is 761 g/mol. The Hall–Kier alpha value is -1.83. The number of rotatable bonds is 4. The van der Waals surface area contributed by atoms with Gasteiger partial charge in [0.2, 0.25) is 0 Å². The molecule has 0 bridgehead atoms. The molecule has 4 aliphatic rings. The maximum atomic E-state index is 5.63. The summed E-state index contributed by atoms with van der Waals surface area (Å²) in [6.45, 7) is 26.9. The van der Waals surface area contributed by atoms with Crippen LogP contribution in [-0.4, -0.2) is 12.3 Å². The van der Waals surface area contributed by atoms with Gasteiger partial charge < -0.3 is 0 Å². The molecule has 0 nitrogen and oxygen atoms in total. The van der Waals surface area contributed by atoms with Crippen molar-refractivity contribution in [2.24, 2.45) is 5.92 Å². The predicted molar refractivity (Wildman–Crippen MR) is 214 cm³/mol. The van der Waals surface area contributed by atoms with Crippen LogP contribution in [0, 0.1) is 5.92 Å². The van der Waals surface area contributed by atoms with E-state index in [0.717, 1.165) is 6.42 Å². The molecule has 0 saturated heterocycles. The molecule has 248 valence electrons. The molecule has 4 heteroatoms. The second kappa shape index (κ2) is 11.1. The number of fused-ring (bicyclic) bond motifs is 5. The summed E-state index contributed by atoms with van der Waals surface area (Å²) in [5, 5.41) is 1.65. The van der Waals surface area contributed by atoms with Gasteiger partial charge in [-0.25, -0.2) is 0 Å². The summed E-state index contributed by atoms with van der Waals surface area (Å²) in [5.74, 6) is 0.416. The van der Waals surface area contributed by atoms with E-state index < -0.39 is 26.4 Å². The van der Waals surface area contributed by atoms with E-state index in [1.54, 1.807) is 17.3 Å². The van der Waals surface area contributed by atoms with Crippen LogP contribution < -0.4 is 3.27 Å². The zero-order valence-electron chi connectivity index (χ0n) is 30.7. The molecule has 3 aromatic carbocycles. The van der Waals surface area contributed by atoms with Crippen LogP contribution in [0.25, 0.3) is 22.3 Å². The van der Waals surface area contributed by atoms with E-state index in [0.29, 0.717) is 5.92 Å². The normalized spacial score (nSPS) is 20.6. The quantitative estimate of drug-likeness (QED) is 0.182. The van der Waals surface area contributed by atoms with Gasteiger partial charge in [0.1, 0.15) is 0 Å². The van der Waals surface area contributed by atoms with E-state index in [4.69, 9.17) is 4.21 Å². The van der Waals surface area contributed by atoms with Crippen LogP contribution in [0.2, 0.25) is 24.3 Å². The van der Waals surface area contributed by atoms with Crippen LogP contribution in [0.4, 0.5) is 0 Å². The second-order valence-electron chi connectivity index (χ2n) is 17.5. The third-order valence-electron chi connectivity index (χ3n) is 12.4. The first-order valence-corrected chi connectivity index (χ1v) is 28.5. The summed E-state index contributed by atoms with van der Waals surface area (Å²) >= 11 is -4.38. The van der Waals surface area contributed by atoms with E-state index in [1.807, 2.05) is 0 Å². The van der Waals surface area contributed by atoms with E-state index >= 15 is 0 Å². The van der Waals surface area contributed by atoms with Crippen molar-refractivity contribution in [2.45, 2.75) is 96.9 Å². The molecular weight excluding hydrogens is 707 g/mol. The van der Waals surface area contributed by atoms with Gasteiger partial charge in [-0.1, -0.05) is 0 Å². The van der Waals surface area contributed by atoms with Gasteiger partial charge in [0.05, 0.1) is 0 Å². The molecule has 0 radical (unpaired) electrons. The number of hydrogen-bond acceptors (Lipinski definition) is 0. The first-order valence-electron chi connectivity index (χ1n) is 17.1. The van der Waals surface area contributed by atoms with E-state index in [1.165, 1.54) is 58.9 Å². The van der Waals surface area contributed by atoms with Gasteiger partial charge in [0, 0.05) is 0 Å². The van der Waals surface area contributed by atoms with Gasteiger partial charge in [-0.05, 0) is 0 Å². The van der Waals surface area contributed by atoms with Crippen molar-refractivity contribution in [1.29, 1.82) is 0 Å². The summed E-state index contributed by atoms with van der Waals surface area (Å²) in [6.07, 6.45) is 6.11. The standard InChI is InChI=1S/C25H25.C10H17Si.C6H5.CH3.CH2.2ClH.Zr/c1-14-12-24(3,4)22-8-16-7-17-9-23-19(15(2)13-25(23,5)6)11-21(17)20(16)10-18(14)22;1-8-6-9(2)10(7-8)11(3,4)5;1-2-4-6-5-3-1;;;;;/h8-12H,7H2,1-6H3;7-8H,1-5H3;1-5H;1H3;1H2;2*1H;. The van der Waals surface area contributed by atoms with Crippen molar-refractivity contribution in [3.63, 3.8) is 0 Å². The van der Waals surface area contributed by atoms with Crippen LogP contribution in [0.15, 0.2) is 84.1 Å². The number of benzene rings is 3. The summed E-state index contributed by atoms with van der Waals surface area (Å²) in [4.78, 5) is 0. The number of allylic oxidation sites excluding steroid dienone is 8. The molecule has 0 N–H and O–H groups in total. The van der Waals surface area contributed by atoms with Gasteiger partial charge in [-0.15, -0.1) is 24.8 Å². The molecule has 0 fully saturated rings. The first-order chi connectivity index (χ1) is 20.8. The molecule has 1 unspecified atom stereocenters. The van der Waals surface area contributed by atoms with E-state index in [-0.39, 0.29) is 35.6 Å². The third-order valence-corrected chi connectivity index (χ3v) is 30.6. The van der Waals surface area contributed by atoms with Gasteiger partial charge in [-0.2, -0.15) is 0 Å². The minimum atomic E-state index is -4.38. The van der Waals surface area contributed by atoms with Gasteiger partial charge >= 0.3 is 276 Å². The average Bonchev–Trinajstić information content (AvgIpc) is 3.59. The summed E-state index contributed by atoms with van der Waals surface area (Å²) < 4.78 is 13.1. The zero-order chi connectivity index (χ0) is 32.7. The Morgan fingerprint density at radius 2 is 1.32 bits per heavy atom. The first kappa shape index (κ1) is 36.5. The Morgan fingerprint density at radius 3 is 1.87 bits per heavy atom. The Balaban J connectivity index is 0.00000217. The molecule has 0 heterocycles. The Kier molecular flexibility index (Phi) is 8.60. The van der Waals surface area contributed by atoms with Crippen molar-refractivity contribution in [3.8, 4) is 11.1 Å². The minimum absolute atomic E-state index is 0. The van der Waals surface area contributed by atoms with E-state index in [9.17, 15) is 0 Å². The van der Waals surface area contributed by atoms with Crippen LogP contribution >= 0.6 is 24.8 Å². The topological polar surface area (TPSA) is 0 Å². The SMILES string of the molecule is Cl.Cl.[CH2]=[Zr]([CH3])([C]1=C(C)C([Si](C)(C)C)=CC1C)([C]1=C(C)c2cc3c(cc2C1(C)C)Cc1cc2c(cc1-3)C(C)=CC2(C)C)[c]1ccccc1. The van der Waals surface area contributed by atoms with Crippen LogP contribution in [0.3, 0.4) is 0 Å². The summed E-state index contributed by atoms with van der Waals surface area (Å²) in [7, 11) is -1.52. The fourth-order valence-corrected chi connectivity index (χ4v) is 31.5. The molecule has 7 rings (SSSR count). The molecule has 3 aromatic rings. The molecule has 4 aliphatic carbocycles.